The van der Waals surface area contributed by atoms with E-state index >= 15 is 0 Å². The third-order valence-electron chi connectivity index (χ3n) is 3.67. The lowest BCUT2D eigenvalue weighted by molar-refractivity contribution is 0.140. The number of aromatic nitrogens is 2. The molecule has 1 aliphatic carbocycles. The van der Waals surface area contributed by atoms with Crippen LogP contribution in [0, 0.1) is 5.92 Å². The second kappa shape index (κ2) is 7.01. The maximum absolute atomic E-state index is 9.19. The van der Waals surface area contributed by atoms with Gasteiger partial charge in [0, 0.05) is 19.0 Å². The average molecular weight is 267 g/mol. The van der Waals surface area contributed by atoms with Gasteiger partial charge >= 0.3 is 0 Å². The van der Waals surface area contributed by atoms with E-state index in [-0.39, 0.29) is 6.61 Å². The van der Waals surface area contributed by atoms with Gasteiger partial charge in [-0.3, -0.25) is 4.90 Å². The third kappa shape index (κ3) is 4.28. The lowest BCUT2D eigenvalue weighted by Gasteiger charge is -2.26. The molecule has 1 aromatic heterocycles. The largest absolute Gasteiger partial charge is 0.395 e. The molecule has 0 saturated heterocycles. The van der Waals surface area contributed by atoms with Gasteiger partial charge in [-0.2, -0.15) is 4.98 Å². The Morgan fingerprint density at radius 1 is 1.37 bits per heavy atom. The van der Waals surface area contributed by atoms with Crippen LogP contribution in [0.4, 0.5) is 0 Å². The summed E-state index contributed by atoms with van der Waals surface area (Å²) in [6, 6.07) is 0.569. The summed E-state index contributed by atoms with van der Waals surface area (Å²) >= 11 is 0. The van der Waals surface area contributed by atoms with Crippen LogP contribution in [0.1, 0.15) is 51.2 Å². The molecule has 1 aromatic rings. The molecule has 5 heteroatoms. The highest BCUT2D eigenvalue weighted by molar-refractivity contribution is 4.89. The minimum absolute atomic E-state index is 0.188. The molecule has 0 spiro atoms. The second-order valence-electron chi connectivity index (χ2n) is 5.83. The molecule has 0 bridgehead atoms. The van der Waals surface area contributed by atoms with Crippen LogP contribution in [0.5, 0.6) is 0 Å². The van der Waals surface area contributed by atoms with Crippen molar-refractivity contribution in [3.8, 4) is 0 Å². The maximum Gasteiger partial charge on any atom is 0.226 e. The van der Waals surface area contributed by atoms with Gasteiger partial charge in [0.1, 0.15) is 0 Å². The maximum atomic E-state index is 9.19. The zero-order valence-electron chi connectivity index (χ0n) is 12.0. The van der Waals surface area contributed by atoms with Crippen LogP contribution in [0.3, 0.4) is 0 Å². The minimum atomic E-state index is 0.188. The van der Waals surface area contributed by atoms with Gasteiger partial charge < -0.3 is 9.63 Å². The molecule has 0 unspecified atom stereocenters. The molecule has 1 heterocycles. The van der Waals surface area contributed by atoms with Crippen LogP contribution in [0.25, 0.3) is 0 Å². The summed E-state index contributed by atoms with van der Waals surface area (Å²) in [4.78, 5) is 6.73. The average Bonchev–Trinajstić information content (AvgIpc) is 2.99. The molecule has 0 atom stereocenters. The van der Waals surface area contributed by atoms with Crippen molar-refractivity contribution in [2.24, 2.45) is 5.92 Å². The highest BCUT2D eigenvalue weighted by Gasteiger charge is 2.23. The first kappa shape index (κ1) is 14.5. The number of rotatable bonds is 7. The molecule has 1 saturated carbocycles. The Bertz CT molecular complexity index is 373. The van der Waals surface area contributed by atoms with Crippen molar-refractivity contribution < 1.29 is 9.63 Å². The van der Waals surface area contributed by atoms with Crippen LogP contribution in [0.2, 0.25) is 0 Å². The lowest BCUT2D eigenvalue weighted by Crippen LogP contribution is -2.35. The molecule has 1 aliphatic rings. The normalized spacial score (nSPS) is 16.9. The summed E-state index contributed by atoms with van der Waals surface area (Å²) in [7, 11) is 0. The van der Waals surface area contributed by atoms with Gasteiger partial charge in [-0.25, -0.2) is 0 Å². The molecule has 0 amide bonds. The van der Waals surface area contributed by atoms with Crippen molar-refractivity contribution in [3.05, 3.63) is 11.7 Å². The second-order valence-corrected chi connectivity index (χ2v) is 5.83. The van der Waals surface area contributed by atoms with Crippen LogP contribution in [-0.2, 0) is 13.0 Å². The Labute approximate surface area is 115 Å². The smallest absolute Gasteiger partial charge is 0.226 e. The highest BCUT2D eigenvalue weighted by atomic mass is 16.5. The van der Waals surface area contributed by atoms with Gasteiger partial charge in [0.25, 0.3) is 0 Å². The molecule has 0 aliphatic heterocycles. The van der Waals surface area contributed by atoms with Crippen LogP contribution < -0.4 is 0 Å². The molecule has 2 rings (SSSR count). The van der Waals surface area contributed by atoms with E-state index in [0.29, 0.717) is 25.0 Å². The highest BCUT2D eigenvalue weighted by Crippen LogP contribution is 2.24. The van der Waals surface area contributed by atoms with Gasteiger partial charge in [-0.05, 0) is 18.8 Å². The van der Waals surface area contributed by atoms with E-state index in [0.717, 1.165) is 18.1 Å². The predicted molar refractivity (Wildman–Crippen MR) is 72.6 cm³/mol. The van der Waals surface area contributed by atoms with E-state index in [9.17, 15) is 5.11 Å². The van der Waals surface area contributed by atoms with Gasteiger partial charge in [-0.15, -0.1) is 0 Å². The van der Waals surface area contributed by atoms with E-state index in [2.05, 4.69) is 28.9 Å². The monoisotopic (exact) mass is 267 g/mol. The van der Waals surface area contributed by atoms with E-state index in [1.807, 2.05) is 0 Å². The van der Waals surface area contributed by atoms with Crippen molar-refractivity contribution in [1.82, 2.24) is 15.0 Å². The predicted octanol–water partition coefficient (Wildman–Crippen LogP) is 2.00. The molecule has 0 radical (unpaired) electrons. The first-order valence-corrected chi connectivity index (χ1v) is 7.35. The molecule has 19 heavy (non-hydrogen) atoms. The summed E-state index contributed by atoms with van der Waals surface area (Å²) in [5, 5.41) is 13.2. The van der Waals surface area contributed by atoms with Crippen LogP contribution in [0.15, 0.2) is 4.52 Å². The van der Waals surface area contributed by atoms with E-state index in [1.165, 1.54) is 25.7 Å². The van der Waals surface area contributed by atoms with E-state index in [4.69, 9.17) is 4.52 Å². The Morgan fingerprint density at radius 2 is 2.11 bits per heavy atom. The molecular weight excluding hydrogens is 242 g/mol. The van der Waals surface area contributed by atoms with Gasteiger partial charge in [0.15, 0.2) is 5.82 Å². The SMILES string of the molecule is CC(C)Cc1nc(CN(CCO)C2CCCC2)no1. The fourth-order valence-corrected chi connectivity index (χ4v) is 2.76. The molecule has 0 aromatic carbocycles. The summed E-state index contributed by atoms with van der Waals surface area (Å²) in [6.45, 7) is 5.85. The third-order valence-corrected chi connectivity index (χ3v) is 3.67. The molecule has 1 fully saturated rings. The fourth-order valence-electron chi connectivity index (χ4n) is 2.76. The van der Waals surface area contributed by atoms with E-state index < -0.39 is 0 Å². The Hall–Kier alpha value is -0.940. The Morgan fingerprint density at radius 3 is 2.74 bits per heavy atom. The Kier molecular flexibility index (Phi) is 5.34. The van der Waals surface area contributed by atoms with Gasteiger partial charge in [0.2, 0.25) is 5.89 Å². The molecular formula is C14H25N3O2. The number of hydrogen-bond acceptors (Lipinski definition) is 5. The first-order chi connectivity index (χ1) is 9.19. The molecule has 1 N–H and O–H groups in total. The summed E-state index contributed by atoms with van der Waals surface area (Å²) in [5.74, 6) is 1.99. The Balaban J connectivity index is 1.94. The van der Waals surface area contributed by atoms with Crippen molar-refractivity contribution >= 4 is 0 Å². The van der Waals surface area contributed by atoms with Crippen molar-refractivity contribution in [2.75, 3.05) is 13.2 Å². The zero-order valence-corrected chi connectivity index (χ0v) is 12.0. The van der Waals surface area contributed by atoms with Gasteiger partial charge in [-0.1, -0.05) is 31.8 Å². The standard InChI is InChI=1S/C14H25N3O2/c1-11(2)9-14-15-13(16-19-14)10-17(7-8-18)12-5-3-4-6-12/h11-12,18H,3-10H2,1-2H3. The van der Waals surface area contributed by atoms with Gasteiger partial charge in [0.05, 0.1) is 13.2 Å². The minimum Gasteiger partial charge on any atom is -0.395 e. The molecule has 108 valence electrons. The lowest BCUT2D eigenvalue weighted by atomic mass is 10.1. The topological polar surface area (TPSA) is 62.4 Å². The van der Waals surface area contributed by atoms with Crippen LogP contribution in [-0.4, -0.2) is 39.3 Å². The summed E-state index contributed by atoms with van der Waals surface area (Å²) in [6.07, 6.45) is 5.85. The zero-order chi connectivity index (χ0) is 13.7. The quantitative estimate of drug-likeness (QED) is 0.818. The van der Waals surface area contributed by atoms with Crippen LogP contribution >= 0.6 is 0 Å². The summed E-state index contributed by atoms with van der Waals surface area (Å²) < 4.78 is 5.27. The van der Waals surface area contributed by atoms with Crippen molar-refractivity contribution in [1.29, 1.82) is 0 Å². The fraction of sp³-hybridized carbons (Fsp3) is 0.857. The van der Waals surface area contributed by atoms with E-state index in [1.54, 1.807) is 0 Å². The summed E-state index contributed by atoms with van der Waals surface area (Å²) in [5.41, 5.74) is 0. The number of nitrogens with zero attached hydrogens (tertiary/aromatic N) is 3. The number of aliphatic hydroxyl groups excluding tert-OH is 1. The number of aliphatic hydroxyl groups is 1. The van der Waals surface area contributed by atoms with Crippen molar-refractivity contribution in [3.63, 3.8) is 0 Å². The molecule has 5 nitrogen and oxygen atoms in total. The number of hydrogen-bond donors (Lipinski definition) is 1. The first-order valence-electron chi connectivity index (χ1n) is 7.35. The van der Waals surface area contributed by atoms with Crippen molar-refractivity contribution in [2.45, 2.75) is 58.5 Å².